The second-order valence-corrected chi connectivity index (χ2v) is 6.98. The predicted octanol–water partition coefficient (Wildman–Crippen LogP) is 2.36. The fourth-order valence-corrected chi connectivity index (χ4v) is 3.59. The number of rotatable bonds is 4. The van der Waals surface area contributed by atoms with E-state index in [0.717, 1.165) is 47.8 Å². The summed E-state index contributed by atoms with van der Waals surface area (Å²) in [5.41, 5.74) is 4.12. The maximum atomic E-state index is 12.4. The predicted molar refractivity (Wildman–Crippen MR) is 99.2 cm³/mol. The van der Waals surface area contributed by atoms with Crippen molar-refractivity contribution in [2.75, 3.05) is 0 Å². The van der Waals surface area contributed by atoms with E-state index < -0.39 is 0 Å². The van der Waals surface area contributed by atoms with Gasteiger partial charge in [-0.15, -0.1) is 0 Å². The highest BCUT2D eigenvalue weighted by Gasteiger charge is 2.20. The highest BCUT2D eigenvalue weighted by Crippen LogP contribution is 2.15. The van der Waals surface area contributed by atoms with Gasteiger partial charge < -0.3 is 9.88 Å². The van der Waals surface area contributed by atoms with E-state index in [1.54, 1.807) is 0 Å². The van der Waals surface area contributed by atoms with Gasteiger partial charge in [0.1, 0.15) is 5.82 Å². The van der Waals surface area contributed by atoms with Gasteiger partial charge in [0.05, 0.1) is 17.8 Å². The molecule has 1 aliphatic heterocycles. The maximum absolute atomic E-state index is 12.4. The van der Waals surface area contributed by atoms with Crippen LogP contribution in [0.15, 0.2) is 42.7 Å². The van der Waals surface area contributed by atoms with E-state index in [4.69, 9.17) is 0 Å². The number of aromatic nitrogens is 4. The van der Waals surface area contributed by atoms with Crippen molar-refractivity contribution in [3.63, 3.8) is 0 Å². The summed E-state index contributed by atoms with van der Waals surface area (Å²) >= 11 is 0. The number of carbonyl (C=O) groups excluding carboxylic acids is 1. The second-order valence-electron chi connectivity index (χ2n) is 6.98. The van der Waals surface area contributed by atoms with Crippen molar-refractivity contribution in [1.29, 1.82) is 0 Å². The van der Waals surface area contributed by atoms with Crippen LogP contribution in [-0.4, -0.2) is 31.3 Å². The third-order valence-corrected chi connectivity index (χ3v) is 4.86. The molecule has 0 spiro atoms. The molecule has 0 bridgehead atoms. The molecule has 26 heavy (non-hydrogen) atoms. The Kier molecular flexibility index (Phi) is 4.32. The lowest BCUT2D eigenvalue weighted by Gasteiger charge is -2.24. The van der Waals surface area contributed by atoms with Gasteiger partial charge >= 0.3 is 0 Å². The van der Waals surface area contributed by atoms with Crippen LogP contribution in [0.4, 0.5) is 0 Å². The molecule has 134 valence electrons. The Morgan fingerprint density at radius 1 is 1.27 bits per heavy atom. The molecule has 0 aliphatic carbocycles. The minimum Gasteiger partial charge on any atom is -0.351 e. The number of imidazole rings is 1. The Morgan fingerprint density at radius 2 is 2.08 bits per heavy atom. The first-order valence-corrected chi connectivity index (χ1v) is 9.00. The molecule has 1 atom stereocenters. The average Bonchev–Trinajstić information content (AvgIpc) is 3.21. The molecule has 0 saturated heterocycles. The third-order valence-electron chi connectivity index (χ3n) is 4.86. The van der Waals surface area contributed by atoms with Gasteiger partial charge in [0.15, 0.2) is 0 Å². The molecule has 0 radical (unpaired) electrons. The molecule has 3 aromatic rings. The first-order chi connectivity index (χ1) is 12.6. The SMILES string of the molecule is Cc1cc(C)n(-c2ccc(CC(=O)N[C@H]3CCc4nccn4C3)cc2)n1. The lowest BCUT2D eigenvalue weighted by Crippen LogP contribution is -2.41. The Labute approximate surface area is 152 Å². The average molecular weight is 349 g/mol. The van der Waals surface area contributed by atoms with Crippen molar-refractivity contribution in [3.8, 4) is 5.69 Å². The molecule has 1 N–H and O–H groups in total. The molecule has 0 unspecified atom stereocenters. The number of carbonyl (C=O) groups is 1. The second kappa shape index (κ2) is 6.78. The standard InChI is InChI=1S/C20H23N5O/c1-14-11-15(2)25(23-14)18-6-3-16(4-7-18)12-20(26)22-17-5-8-19-21-9-10-24(19)13-17/h3-4,6-7,9-11,17H,5,8,12-13H2,1-2H3,(H,22,26)/t17-/m0/s1. The summed E-state index contributed by atoms with van der Waals surface area (Å²) in [4.78, 5) is 16.7. The smallest absolute Gasteiger partial charge is 0.224 e. The number of hydrogen-bond acceptors (Lipinski definition) is 3. The van der Waals surface area contributed by atoms with Crippen LogP contribution in [0.5, 0.6) is 0 Å². The van der Waals surface area contributed by atoms with E-state index in [0.29, 0.717) is 6.42 Å². The van der Waals surface area contributed by atoms with Crippen molar-refractivity contribution < 1.29 is 4.79 Å². The lowest BCUT2D eigenvalue weighted by molar-refractivity contribution is -0.121. The lowest BCUT2D eigenvalue weighted by atomic mass is 10.1. The Hall–Kier alpha value is -2.89. The zero-order valence-electron chi connectivity index (χ0n) is 15.1. The number of nitrogens with one attached hydrogen (secondary N) is 1. The van der Waals surface area contributed by atoms with Gasteiger partial charge in [0.25, 0.3) is 0 Å². The topological polar surface area (TPSA) is 64.7 Å². The molecule has 0 fully saturated rings. The summed E-state index contributed by atoms with van der Waals surface area (Å²) in [6.45, 7) is 4.83. The van der Waals surface area contributed by atoms with Crippen LogP contribution < -0.4 is 5.32 Å². The number of aryl methyl sites for hydroxylation is 3. The van der Waals surface area contributed by atoms with Crippen LogP contribution >= 0.6 is 0 Å². The van der Waals surface area contributed by atoms with E-state index in [1.165, 1.54) is 0 Å². The summed E-state index contributed by atoms with van der Waals surface area (Å²) in [5, 5.41) is 7.64. The number of fused-ring (bicyclic) bond motifs is 1. The largest absolute Gasteiger partial charge is 0.351 e. The molecule has 6 heteroatoms. The van der Waals surface area contributed by atoms with Gasteiger partial charge in [-0.3, -0.25) is 4.79 Å². The fraction of sp³-hybridized carbons (Fsp3) is 0.350. The van der Waals surface area contributed by atoms with Gasteiger partial charge in [0.2, 0.25) is 5.91 Å². The van der Waals surface area contributed by atoms with Gasteiger partial charge in [-0.1, -0.05) is 12.1 Å². The molecule has 0 saturated carbocycles. The van der Waals surface area contributed by atoms with Gasteiger partial charge in [-0.25, -0.2) is 9.67 Å². The molecule has 1 aromatic carbocycles. The zero-order valence-corrected chi connectivity index (χ0v) is 15.1. The molecular formula is C20H23N5O. The van der Waals surface area contributed by atoms with Crippen molar-refractivity contribution in [3.05, 3.63) is 65.5 Å². The minimum atomic E-state index is 0.0671. The van der Waals surface area contributed by atoms with E-state index >= 15 is 0 Å². The van der Waals surface area contributed by atoms with E-state index in [9.17, 15) is 4.79 Å². The van der Waals surface area contributed by atoms with E-state index in [2.05, 4.69) is 26.0 Å². The number of nitrogens with zero attached hydrogens (tertiary/aromatic N) is 4. The quantitative estimate of drug-likeness (QED) is 0.786. The highest BCUT2D eigenvalue weighted by molar-refractivity contribution is 5.78. The van der Waals surface area contributed by atoms with E-state index in [1.807, 2.05) is 55.2 Å². The normalized spacial score (nSPS) is 16.3. The van der Waals surface area contributed by atoms with Crippen LogP contribution in [0, 0.1) is 13.8 Å². The number of hydrogen-bond donors (Lipinski definition) is 1. The van der Waals surface area contributed by atoms with Crippen LogP contribution in [-0.2, 0) is 24.2 Å². The molecule has 6 nitrogen and oxygen atoms in total. The summed E-state index contributed by atoms with van der Waals surface area (Å²) in [6.07, 6.45) is 6.05. The van der Waals surface area contributed by atoms with Crippen molar-refractivity contribution >= 4 is 5.91 Å². The van der Waals surface area contributed by atoms with Crippen molar-refractivity contribution in [2.45, 2.75) is 45.7 Å². The summed E-state index contributed by atoms with van der Waals surface area (Å²) < 4.78 is 4.04. The fourth-order valence-electron chi connectivity index (χ4n) is 3.59. The summed E-state index contributed by atoms with van der Waals surface area (Å²) in [5.74, 6) is 1.17. The van der Waals surface area contributed by atoms with Gasteiger partial charge in [-0.05, 0) is 44.0 Å². The maximum Gasteiger partial charge on any atom is 0.224 e. The molecule has 1 aliphatic rings. The first-order valence-electron chi connectivity index (χ1n) is 9.00. The Morgan fingerprint density at radius 3 is 2.81 bits per heavy atom. The van der Waals surface area contributed by atoms with Crippen molar-refractivity contribution in [1.82, 2.24) is 24.6 Å². The van der Waals surface area contributed by atoms with Crippen LogP contribution in [0.2, 0.25) is 0 Å². The van der Waals surface area contributed by atoms with Gasteiger partial charge in [0, 0.05) is 37.1 Å². The number of amides is 1. The summed E-state index contributed by atoms with van der Waals surface area (Å²) in [6, 6.07) is 10.3. The summed E-state index contributed by atoms with van der Waals surface area (Å²) in [7, 11) is 0. The van der Waals surface area contributed by atoms with Crippen LogP contribution in [0.1, 0.15) is 29.2 Å². The first kappa shape index (κ1) is 16.6. The number of benzene rings is 1. The zero-order chi connectivity index (χ0) is 18.1. The van der Waals surface area contributed by atoms with Gasteiger partial charge in [-0.2, -0.15) is 5.10 Å². The highest BCUT2D eigenvalue weighted by atomic mass is 16.1. The molecular weight excluding hydrogens is 326 g/mol. The minimum absolute atomic E-state index is 0.0671. The van der Waals surface area contributed by atoms with Crippen molar-refractivity contribution in [2.24, 2.45) is 0 Å². The third kappa shape index (κ3) is 3.40. The molecule has 4 rings (SSSR count). The monoisotopic (exact) mass is 349 g/mol. The molecule has 2 aromatic heterocycles. The van der Waals surface area contributed by atoms with Crippen LogP contribution in [0.25, 0.3) is 5.69 Å². The molecule has 3 heterocycles. The molecule has 1 amide bonds. The van der Waals surface area contributed by atoms with E-state index in [-0.39, 0.29) is 11.9 Å². The Bertz CT molecular complexity index is 922. The van der Waals surface area contributed by atoms with Crippen LogP contribution in [0.3, 0.4) is 0 Å². The Balaban J connectivity index is 1.37.